The van der Waals surface area contributed by atoms with Crippen LogP contribution in [0.25, 0.3) is 5.65 Å². The number of halogens is 1. The monoisotopic (exact) mass is 252 g/mol. The van der Waals surface area contributed by atoms with E-state index in [1.807, 2.05) is 6.07 Å². The highest BCUT2D eigenvalue weighted by molar-refractivity contribution is 9.10. The zero-order valence-corrected chi connectivity index (χ0v) is 8.79. The Labute approximate surface area is 87.1 Å². The molecule has 0 fully saturated rings. The van der Waals surface area contributed by atoms with Crippen molar-refractivity contribution in [2.75, 3.05) is 0 Å². The summed E-state index contributed by atoms with van der Waals surface area (Å²) in [5, 5.41) is 11.4. The number of hydrogen-bond acceptors (Lipinski definition) is 3. The second-order valence-corrected chi connectivity index (χ2v) is 3.57. The van der Waals surface area contributed by atoms with Gasteiger partial charge in [-0.05, 0) is 22.9 Å². The summed E-state index contributed by atoms with van der Waals surface area (Å²) in [6.07, 6.45) is 1.45. The van der Waals surface area contributed by atoms with E-state index >= 15 is 0 Å². The molecule has 0 radical (unpaired) electrons. The van der Waals surface area contributed by atoms with Crippen LogP contribution >= 0.6 is 15.9 Å². The first-order valence-electron chi connectivity index (χ1n) is 3.81. The maximum Gasteiger partial charge on any atom is 0.287 e. The van der Waals surface area contributed by atoms with Gasteiger partial charge in [0.2, 0.25) is 0 Å². The van der Waals surface area contributed by atoms with Crippen molar-refractivity contribution in [3.05, 3.63) is 32.3 Å². The van der Waals surface area contributed by atoms with Crippen molar-refractivity contribution < 1.29 is 0 Å². The van der Waals surface area contributed by atoms with Crippen LogP contribution in [0.2, 0.25) is 0 Å². The van der Waals surface area contributed by atoms with Crippen LogP contribution < -0.4 is 5.56 Å². The Balaban J connectivity index is 3.03. The molecule has 0 aliphatic heterocycles. The fourth-order valence-corrected chi connectivity index (χ4v) is 1.45. The Morgan fingerprint density at radius 3 is 3.07 bits per heavy atom. The molecule has 2 rings (SSSR count). The van der Waals surface area contributed by atoms with Gasteiger partial charge in [-0.15, -0.1) is 0 Å². The number of rotatable bonds is 0. The number of nitriles is 1. The van der Waals surface area contributed by atoms with Gasteiger partial charge in [0, 0.05) is 6.20 Å². The van der Waals surface area contributed by atoms with E-state index in [9.17, 15) is 4.79 Å². The van der Waals surface area contributed by atoms with Crippen molar-refractivity contribution in [1.82, 2.24) is 14.6 Å². The van der Waals surface area contributed by atoms with E-state index in [2.05, 4.69) is 26.0 Å². The molecule has 2 aromatic rings. The van der Waals surface area contributed by atoms with E-state index in [1.165, 1.54) is 10.7 Å². The van der Waals surface area contributed by atoms with E-state index in [4.69, 9.17) is 5.26 Å². The van der Waals surface area contributed by atoms with Crippen LogP contribution in [0.4, 0.5) is 0 Å². The van der Waals surface area contributed by atoms with Crippen LogP contribution in [0.1, 0.15) is 11.3 Å². The minimum absolute atomic E-state index is 0.242. The number of hydrogen-bond donors (Lipinski definition) is 1. The fraction of sp³-hybridized carbons (Fsp3) is 0.125. The summed E-state index contributed by atoms with van der Waals surface area (Å²) in [6, 6.07) is 1.96. The maximum absolute atomic E-state index is 11.6. The van der Waals surface area contributed by atoms with E-state index in [-0.39, 0.29) is 5.56 Å². The summed E-state index contributed by atoms with van der Waals surface area (Å²) < 4.78 is 1.64. The molecule has 6 heteroatoms. The van der Waals surface area contributed by atoms with E-state index in [0.29, 0.717) is 21.4 Å². The standard InChI is InChI=1S/C8H5BrN4O/c1-4-6(9)8(14)13-7(12-4)5(2-10)3-11-13/h3,11H,1H3. The van der Waals surface area contributed by atoms with Gasteiger partial charge in [0.1, 0.15) is 16.1 Å². The molecule has 2 aromatic heterocycles. The third kappa shape index (κ3) is 1.06. The number of H-pyrrole nitrogens is 1. The molecule has 0 bridgehead atoms. The summed E-state index contributed by atoms with van der Waals surface area (Å²) in [6.45, 7) is 1.71. The van der Waals surface area contributed by atoms with Gasteiger partial charge in [0.25, 0.3) is 5.56 Å². The Hall–Kier alpha value is -1.61. The zero-order valence-electron chi connectivity index (χ0n) is 7.21. The van der Waals surface area contributed by atoms with Gasteiger partial charge in [-0.3, -0.25) is 9.89 Å². The molecule has 0 unspecified atom stereocenters. The van der Waals surface area contributed by atoms with Gasteiger partial charge in [-0.25, -0.2) is 4.98 Å². The highest BCUT2D eigenvalue weighted by Gasteiger charge is 2.10. The van der Waals surface area contributed by atoms with Crippen LogP contribution in [-0.4, -0.2) is 14.6 Å². The first kappa shape index (κ1) is 8.97. The van der Waals surface area contributed by atoms with Gasteiger partial charge in [-0.1, -0.05) is 0 Å². The first-order chi connectivity index (χ1) is 6.65. The molecule has 0 aromatic carbocycles. The lowest BCUT2D eigenvalue weighted by molar-refractivity contribution is 0.880. The predicted molar refractivity (Wildman–Crippen MR) is 53.0 cm³/mol. The average molecular weight is 253 g/mol. The van der Waals surface area contributed by atoms with Crippen molar-refractivity contribution in [1.29, 1.82) is 5.26 Å². The molecule has 14 heavy (non-hydrogen) atoms. The van der Waals surface area contributed by atoms with Crippen LogP contribution in [0.5, 0.6) is 0 Å². The smallest absolute Gasteiger partial charge is 0.287 e. The fourth-order valence-electron chi connectivity index (χ4n) is 1.18. The van der Waals surface area contributed by atoms with Crippen LogP contribution in [0, 0.1) is 18.3 Å². The van der Waals surface area contributed by atoms with E-state index in [0.717, 1.165) is 0 Å². The quantitative estimate of drug-likeness (QED) is 0.759. The van der Waals surface area contributed by atoms with Crippen molar-refractivity contribution >= 4 is 21.6 Å². The van der Waals surface area contributed by atoms with Crippen molar-refractivity contribution in [3.8, 4) is 6.07 Å². The number of fused-ring (bicyclic) bond motifs is 1. The second kappa shape index (κ2) is 2.96. The van der Waals surface area contributed by atoms with Gasteiger partial charge >= 0.3 is 0 Å². The number of nitrogens with zero attached hydrogens (tertiary/aromatic N) is 3. The minimum atomic E-state index is -0.242. The van der Waals surface area contributed by atoms with Crippen molar-refractivity contribution in [2.24, 2.45) is 0 Å². The molecule has 0 amide bonds. The zero-order chi connectivity index (χ0) is 10.3. The number of nitrogens with one attached hydrogen (secondary N) is 1. The Morgan fingerprint density at radius 2 is 2.43 bits per heavy atom. The molecule has 0 aliphatic rings. The lowest BCUT2D eigenvalue weighted by Gasteiger charge is -1.97. The van der Waals surface area contributed by atoms with Gasteiger partial charge in [-0.2, -0.15) is 9.78 Å². The normalized spacial score (nSPS) is 10.4. The molecule has 1 N–H and O–H groups in total. The highest BCUT2D eigenvalue weighted by atomic mass is 79.9. The molecule has 2 heterocycles. The van der Waals surface area contributed by atoms with Crippen LogP contribution in [-0.2, 0) is 0 Å². The predicted octanol–water partition coefficient (Wildman–Crippen LogP) is 0.965. The molecule has 5 nitrogen and oxygen atoms in total. The molecular formula is C8H5BrN4O. The Kier molecular flexibility index (Phi) is 1.89. The average Bonchev–Trinajstić information content (AvgIpc) is 2.57. The van der Waals surface area contributed by atoms with Crippen LogP contribution in [0.3, 0.4) is 0 Å². The van der Waals surface area contributed by atoms with Gasteiger partial charge in [0.05, 0.1) is 5.69 Å². The summed E-state index contributed by atoms with van der Waals surface area (Å²) >= 11 is 3.13. The SMILES string of the molecule is Cc1nc2c(C#N)c[nH]n2c(=O)c1Br. The number of aryl methyl sites for hydroxylation is 1. The summed E-state index contributed by atoms with van der Waals surface area (Å²) in [5.41, 5.74) is 1.05. The molecule has 0 saturated carbocycles. The molecular weight excluding hydrogens is 248 g/mol. The van der Waals surface area contributed by atoms with Gasteiger partial charge < -0.3 is 0 Å². The van der Waals surface area contributed by atoms with E-state index < -0.39 is 0 Å². The second-order valence-electron chi connectivity index (χ2n) is 2.77. The molecule has 70 valence electrons. The third-order valence-electron chi connectivity index (χ3n) is 1.89. The topological polar surface area (TPSA) is 73.9 Å². The van der Waals surface area contributed by atoms with Crippen LogP contribution in [0.15, 0.2) is 15.5 Å². The lowest BCUT2D eigenvalue weighted by Crippen LogP contribution is -2.17. The summed E-state index contributed by atoms with van der Waals surface area (Å²) in [5.74, 6) is 0. The lowest BCUT2D eigenvalue weighted by atomic mass is 10.3. The highest BCUT2D eigenvalue weighted by Crippen LogP contribution is 2.11. The van der Waals surface area contributed by atoms with Crippen molar-refractivity contribution in [3.63, 3.8) is 0 Å². The number of aromatic amines is 1. The number of aromatic nitrogens is 3. The largest absolute Gasteiger partial charge is 0.295 e. The Bertz CT molecular complexity index is 604. The summed E-state index contributed by atoms with van der Waals surface area (Å²) in [7, 11) is 0. The van der Waals surface area contributed by atoms with E-state index in [1.54, 1.807) is 6.92 Å². The maximum atomic E-state index is 11.6. The molecule has 0 spiro atoms. The molecule has 0 atom stereocenters. The molecule has 0 saturated heterocycles. The minimum Gasteiger partial charge on any atom is -0.295 e. The third-order valence-corrected chi connectivity index (χ3v) is 2.81. The van der Waals surface area contributed by atoms with Crippen molar-refractivity contribution in [2.45, 2.75) is 6.92 Å². The first-order valence-corrected chi connectivity index (χ1v) is 4.61. The summed E-state index contributed by atoms with van der Waals surface area (Å²) in [4.78, 5) is 15.7. The van der Waals surface area contributed by atoms with Gasteiger partial charge in [0.15, 0.2) is 5.65 Å². The Morgan fingerprint density at radius 1 is 1.71 bits per heavy atom. The molecule has 0 aliphatic carbocycles.